The summed E-state index contributed by atoms with van der Waals surface area (Å²) < 4.78 is 32.1. The Morgan fingerprint density at radius 2 is 1.91 bits per heavy atom. The van der Waals surface area contributed by atoms with Gasteiger partial charge in [-0.15, -0.1) is 0 Å². The van der Waals surface area contributed by atoms with Gasteiger partial charge in [0.1, 0.15) is 23.2 Å². The molecule has 2 N–H and O–H groups in total. The van der Waals surface area contributed by atoms with Gasteiger partial charge < -0.3 is 15.1 Å². The van der Waals surface area contributed by atoms with Crippen molar-refractivity contribution >= 4 is 5.96 Å². The molecule has 0 aliphatic rings. The minimum absolute atomic E-state index is 0.342. The predicted molar refractivity (Wildman–Crippen MR) is 86.4 cm³/mol. The highest BCUT2D eigenvalue weighted by Crippen LogP contribution is 2.13. The third-order valence-corrected chi connectivity index (χ3v) is 3.51. The summed E-state index contributed by atoms with van der Waals surface area (Å²) in [6.07, 6.45) is 0.369. The van der Waals surface area contributed by atoms with Gasteiger partial charge in [0.2, 0.25) is 0 Å². The first-order chi connectivity index (χ1) is 11.0. The monoisotopic (exact) mass is 321 g/mol. The van der Waals surface area contributed by atoms with Crippen LogP contribution in [0.3, 0.4) is 0 Å². The number of nitrogens with zero attached hydrogens (tertiary/aromatic N) is 1. The Morgan fingerprint density at radius 3 is 2.57 bits per heavy atom. The number of guanidine groups is 1. The van der Waals surface area contributed by atoms with E-state index < -0.39 is 11.6 Å². The van der Waals surface area contributed by atoms with E-state index in [1.807, 2.05) is 19.9 Å². The Kier molecular flexibility index (Phi) is 5.73. The normalized spacial score (nSPS) is 11.6. The molecule has 23 heavy (non-hydrogen) atoms. The van der Waals surface area contributed by atoms with Gasteiger partial charge in [-0.1, -0.05) is 0 Å². The van der Waals surface area contributed by atoms with Crippen molar-refractivity contribution in [3.8, 4) is 0 Å². The van der Waals surface area contributed by atoms with Crippen LogP contribution in [0.4, 0.5) is 8.78 Å². The summed E-state index contributed by atoms with van der Waals surface area (Å²) in [5, 5.41) is 6.24. The molecule has 2 aromatic rings. The third-order valence-electron chi connectivity index (χ3n) is 3.51. The molecule has 0 saturated heterocycles. The van der Waals surface area contributed by atoms with Crippen molar-refractivity contribution < 1.29 is 13.2 Å². The zero-order chi connectivity index (χ0) is 16.8. The number of furan rings is 1. The van der Waals surface area contributed by atoms with Crippen molar-refractivity contribution in [3.05, 3.63) is 58.5 Å². The molecule has 0 radical (unpaired) electrons. The maximum absolute atomic E-state index is 13.5. The highest BCUT2D eigenvalue weighted by atomic mass is 19.1. The number of aryl methyl sites for hydroxylation is 2. The molecule has 0 atom stereocenters. The SMILES string of the molecule is CN=C(NCCc1cc(F)ccc1F)NCc1cc(C)oc1C. The van der Waals surface area contributed by atoms with Gasteiger partial charge >= 0.3 is 0 Å². The lowest BCUT2D eigenvalue weighted by atomic mass is 10.1. The molecule has 4 nitrogen and oxygen atoms in total. The molecule has 0 saturated carbocycles. The van der Waals surface area contributed by atoms with Crippen LogP contribution in [0.15, 0.2) is 33.7 Å². The molecule has 0 unspecified atom stereocenters. The van der Waals surface area contributed by atoms with E-state index in [-0.39, 0.29) is 0 Å². The van der Waals surface area contributed by atoms with Gasteiger partial charge in [-0.05, 0) is 50.1 Å². The minimum Gasteiger partial charge on any atom is -0.466 e. The van der Waals surface area contributed by atoms with Crippen LogP contribution >= 0.6 is 0 Å². The number of halogens is 2. The lowest BCUT2D eigenvalue weighted by Crippen LogP contribution is -2.38. The lowest BCUT2D eigenvalue weighted by Gasteiger charge is -2.12. The Morgan fingerprint density at radius 1 is 1.13 bits per heavy atom. The minimum atomic E-state index is -0.435. The van der Waals surface area contributed by atoms with Crippen molar-refractivity contribution in [3.63, 3.8) is 0 Å². The quantitative estimate of drug-likeness (QED) is 0.657. The van der Waals surface area contributed by atoms with E-state index >= 15 is 0 Å². The first-order valence-corrected chi connectivity index (χ1v) is 7.44. The fourth-order valence-electron chi connectivity index (χ4n) is 2.31. The maximum atomic E-state index is 13.5. The molecule has 124 valence electrons. The van der Waals surface area contributed by atoms with Crippen LogP contribution in [0.1, 0.15) is 22.6 Å². The van der Waals surface area contributed by atoms with Gasteiger partial charge in [0.25, 0.3) is 0 Å². The van der Waals surface area contributed by atoms with E-state index in [1.54, 1.807) is 7.05 Å². The number of hydrogen-bond donors (Lipinski definition) is 2. The van der Waals surface area contributed by atoms with Crippen LogP contribution < -0.4 is 10.6 Å². The van der Waals surface area contributed by atoms with Gasteiger partial charge in [0, 0.05) is 25.7 Å². The molecule has 2 rings (SSSR count). The van der Waals surface area contributed by atoms with Crippen molar-refractivity contribution in [1.29, 1.82) is 0 Å². The van der Waals surface area contributed by atoms with E-state index in [0.29, 0.717) is 31.0 Å². The Labute approximate surface area is 134 Å². The molecule has 1 heterocycles. The van der Waals surface area contributed by atoms with Crippen molar-refractivity contribution in [2.45, 2.75) is 26.8 Å². The summed E-state index contributed by atoms with van der Waals surface area (Å²) in [6, 6.07) is 5.44. The summed E-state index contributed by atoms with van der Waals surface area (Å²) in [5.74, 6) is 1.49. The molecule has 0 aliphatic carbocycles. The van der Waals surface area contributed by atoms with Crippen molar-refractivity contribution in [2.75, 3.05) is 13.6 Å². The largest absolute Gasteiger partial charge is 0.466 e. The fraction of sp³-hybridized carbons (Fsp3) is 0.353. The number of hydrogen-bond acceptors (Lipinski definition) is 2. The Hall–Kier alpha value is -2.37. The Bertz CT molecular complexity index is 695. The molecule has 1 aromatic heterocycles. The van der Waals surface area contributed by atoms with Crippen LogP contribution in [0.25, 0.3) is 0 Å². The zero-order valence-electron chi connectivity index (χ0n) is 13.5. The summed E-state index contributed by atoms with van der Waals surface area (Å²) >= 11 is 0. The van der Waals surface area contributed by atoms with E-state index in [0.717, 1.165) is 29.2 Å². The van der Waals surface area contributed by atoms with E-state index in [1.165, 1.54) is 6.07 Å². The van der Waals surface area contributed by atoms with Crippen molar-refractivity contribution in [1.82, 2.24) is 10.6 Å². The predicted octanol–water partition coefficient (Wildman–Crippen LogP) is 3.08. The van der Waals surface area contributed by atoms with Gasteiger partial charge in [-0.3, -0.25) is 4.99 Å². The first kappa shape index (κ1) is 17.0. The lowest BCUT2D eigenvalue weighted by molar-refractivity contribution is 0.500. The summed E-state index contributed by atoms with van der Waals surface area (Å²) in [5.41, 5.74) is 1.40. The molecule has 1 aromatic carbocycles. The second-order valence-electron chi connectivity index (χ2n) is 5.28. The first-order valence-electron chi connectivity index (χ1n) is 7.44. The van der Waals surface area contributed by atoms with Crippen LogP contribution in [-0.4, -0.2) is 19.6 Å². The highest BCUT2D eigenvalue weighted by Gasteiger charge is 2.07. The van der Waals surface area contributed by atoms with Gasteiger partial charge in [0.15, 0.2) is 5.96 Å². The molecule has 0 fully saturated rings. The molecule has 0 amide bonds. The van der Waals surface area contributed by atoms with Crippen LogP contribution in [0, 0.1) is 25.5 Å². The molecule has 0 spiro atoms. The van der Waals surface area contributed by atoms with E-state index in [9.17, 15) is 8.78 Å². The highest BCUT2D eigenvalue weighted by molar-refractivity contribution is 5.79. The maximum Gasteiger partial charge on any atom is 0.191 e. The molecule has 6 heteroatoms. The standard InChI is InChI=1S/C17H21F2N3O/c1-11-8-14(12(2)23-11)10-22-17(20-3)21-7-6-13-9-15(18)4-5-16(13)19/h4-5,8-9H,6-7,10H2,1-3H3,(H2,20,21,22). The number of benzene rings is 1. The van der Waals surface area contributed by atoms with Crippen LogP contribution in [0.5, 0.6) is 0 Å². The number of nitrogens with one attached hydrogen (secondary N) is 2. The molecule has 0 aliphatic heterocycles. The molecule has 0 bridgehead atoms. The average Bonchev–Trinajstić information content (AvgIpc) is 2.84. The Balaban J connectivity index is 1.83. The van der Waals surface area contributed by atoms with Gasteiger partial charge in [0.05, 0.1) is 0 Å². The van der Waals surface area contributed by atoms with Crippen LogP contribution in [0.2, 0.25) is 0 Å². The number of aliphatic imine (C=N–C) groups is 1. The van der Waals surface area contributed by atoms with Gasteiger partial charge in [-0.2, -0.15) is 0 Å². The molecular weight excluding hydrogens is 300 g/mol. The van der Waals surface area contributed by atoms with Crippen molar-refractivity contribution in [2.24, 2.45) is 4.99 Å². The average molecular weight is 321 g/mol. The summed E-state index contributed by atoms with van der Waals surface area (Å²) in [6.45, 7) is 4.84. The van der Waals surface area contributed by atoms with Crippen LogP contribution in [-0.2, 0) is 13.0 Å². The second kappa shape index (κ2) is 7.76. The topological polar surface area (TPSA) is 49.6 Å². The summed E-state index contributed by atoms with van der Waals surface area (Å²) in [7, 11) is 1.66. The fourth-order valence-corrected chi connectivity index (χ4v) is 2.31. The zero-order valence-corrected chi connectivity index (χ0v) is 13.5. The van der Waals surface area contributed by atoms with Gasteiger partial charge in [-0.25, -0.2) is 8.78 Å². The third kappa shape index (κ3) is 4.81. The van der Waals surface area contributed by atoms with E-state index in [4.69, 9.17) is 4.42 Å². The molecular formula is C17H21F2N3O. The number of rotatable bonds is 5. The second-order valence-corrected chi connectivity index (χ2v) is 5.28. The van der Waals surface area contributed by atoms with E-state index in [2.05, 4.69) is 15.6 Å². The smallest absolute Gasteiger partial charge is 0.191 e. The summed E-state index contributed by atoms with van der Waals surface area (Å²) in [4.78, 5) is 4.11.